The molecule has 1 aliphatic carbocycles. The zero-order chi connectivity index (χ0) is 28.0. The van der Waals surface area contributed by atoms with E-state index in [0.717, 1.165) is 30.0 Å². The van der Waals surface area contributed by atoms with E-state index in [1.807, 2.05) is 0 Å². The van der Waals surface area contributed by atoms with E-state index in [1.54, 1.807) is 37.3 Å². The lowest BCUT2D eigenvalue weighted by Crippen LogP contribution is -2.52. The van der Waals surface area contributed by atoms with Crippen LogP contribution in [0.2, 0.25) is 5.02 Å². The van der Waals surface area contributed by atoms with Crippen molar-refractivity contribution in [2.75, 3.05) is 10.8 Å². The van der Waals surface area contributed by atoms with E-state index < -0.39 is 34.3 Å². The van der Waals surface area contributed by atoms with E-state index in [9.17, 15) is 22.4 Å². The number of halogens is 2. The number of nitrogens with one attached hydrogen (secondary N) is 1. The standard InChI is InChI=1S/C29H31ClFN3O4S/c1-21(29(36)32-25-7-5-6-8-25)33(19-22-11-15-24(31)16-12-22)28(35)20-34(26-9-3-2-4-10-26)39(37,38)27-17-13-23(30)14-18-27/h2-4,9-18,21,25H,5-8,19-20H2,1H3,(H,32,36)/t21-/m0/s1. The van der Waals surface area contributed by atoms with E-state index in [4.69, 9.17) is 11.6 Å². The first-order chi connectivity index (χ1) is 18.6. The second-order valence-electron chi connectivity index (χ2n) is 9.62. The number of para-hydroxylation sites is 1. The Hall–Kier alpha value is -3.43. The molecule has 2 amide bonds. The molecular weight excluding hydrogens is 541 g/mol. The van der Waals surface area contributed by atoms with Crippen molar-refractivity contribution in [2.45, 2.75) is 56.1 Å². The van der Waals surface area contributed by atoms with Crippen LogP contribution in [0.4, 0.5) is 10.1 Å². The van der Waals surface area contributed by atoms with E-state index >= 15 is 0 Å². The largest absolute Gasteiger partial charge is 0.352 e. The van der Waals surface area contributed by atoms with Crippen LogP contribution >= 0.6 is 11.6 Å². The number of nitrogens with zero attached hydrogens (tertiary/aromatic N) is 2. The Bertz CT molecular complexity index is 1380. The quantitative estimate of drug-likeness (QED) is 0.365. The summed E-state index contributed by atoms with van der Waals surface area (Å²) < 4.78 is 42.0. The highest BCUT2D eigenvalue weighted by molar-refractivity contribution is 7.92. The summed E-state index contributed by atoms with van der Waals surface area (Å²) in [6.07, 6.45) is 3.83. The van der Waals surface area contributed by atoms with Gasteiger partial charge < -0.3 is 10.2 Å². The summed E-state index contributed by atoms with van der Waals surface area (Å²) in [5.74, 6) is -1.31. The average Bonchev–Trinajstić information content (AvgIpc) is 3.44. The molecule has 1 atom stereocenters. The SMILES string of the molecule is C[C@@H](C(=O)NC1CCCC1)N(Cc1ccc(F)cc1)C(=O)CN(c1ccccc1)S(=O)(=O)c1ccc(Cl)cc1. The van der Waals surface area contributed by atoms with Crippen molar-refractivity contribution in [1.29, 1.82) is 0 Å². The van der Waals surface area contributed by atoms with Gasteiger partial charge >= 0.3 is 0 Å². The second kappa shape index (κ2) is 12.6. The number of benzene rings is 3. The monoisotopic (exact) mass is 571 g/mol. The molecule has 0 unspecified atom stereocenters. The number of rotatable bonds is 10. The van der Waals surface area contributed by atoms with E-state index in [2.05, 4.69) is 5.32 Å². The van der Waals surface area contributed by atoms with Crippen LogP contribution in [0.5, 0.6) is 0 Å². The Morgan fingerprint density at radius 1 is 0.974 bits per heavy atom. The molecule has 1 fully saturated rings. The predicted molar refractivity (Wildman–Crippen MR) is 149 cm³/mol. The number of carbonyl (C=O) groups is 2. The number of sulfonamides is 1. The maximum Gasteiger partial charge on any atom is 0.264 e. The molecule has 1 aliphatic rings. The van der Waals surface area contributed by atoms with Gasteiger partial charge in [-0.25, -0.2) is 12.8 Å². The molecule has 0 saturated heterocycles. The second-order valence-corrected chi connectivity index (χ2v) is 11.9. The van der Waals surface area contributed by atoms with Gasteiger partial charge in [0.1, 0.15) is 18.4 Å². The first-order valence-electron chi connectivity index (χ1n) is 12.8. The lowest BCUT2D eigenvalue weighted by Gasteiger charge is -2.32. The van der Waals surface area contributed by atoms with Gasteiger partial charge in [-0.3, -0.25) is 13.9 Å². The molecule has 0 aromatic heterocycles. The van der Waals surface area contributed by atoms with Crippen molar-refractivity contribution in [1.82, 2.24) is 10.2 Å². The summed E-state index contributed by atoms with van der Waals surface area (Å²) in [7, 11) is -4.17. The zero-order valence-electron chi connectivity index (χ0n) is 21.6. The fourth-order valence-electron chi connectivity index (χ4n) is 4.62. The summed E-state index contributed by atoms with van der Waals surface area (Å²) in [5.41, 5.74) is 0.905. The maximum atomic E-state index is 13.9. The summed E-state index contributed by atoms with van der Waals surface area (Å²) >= 11 is 5.97. The van der Waals surface area contributed by atoms with Crippen molar-refractivity contribution < 1.29 is 22.4 Å². The van der Waals surface area contributed by atoms with E-state index in [1.165, 1.54) is 53.4 Å². The smallest absolute Gasteiger partial charge is 0.264 e. The third kappa shape index (κ3) is 7.16. The highest BCUT2D eigenvalue weighted by Crippen LogP contribution is 2.25. The molecule has 4 rings (SSSR count). The van der Waals surface area contributed by atoms with Crippen molar-refractivity contribution >= 4 is 39.1 Å². The summed E-state index contributed by atoms with van der Waals surface area (Å²) in [6, 6.07) is 18.8. The number of amides is 2. The highest BCUT2D eigenvalue weighted by atomic mass is 35.5. The molecule has 0 bridgehead atoms. The molecule has 0 aliphatic heterocycles. The number of anilines is 1. The van der Waals surface area contributed by atoms with Crippen LogP contribution in [0.3, 0.4) is 0 Å². The molecule has 3 aromatic rings. The molecule has 1 saturated carbocycles. The van der Waals surface area contributed by atoms with Crippen molar-refractivity contribution in [2.24, 2.45) is 0 Å². The van der Waals surface area contributed by atoms with Gasteiger partial charge in [-0.2, -0.15) is 0 Å². The fraction of sp³-hybridized carbons (Fsp3) is 0.310. The van der Waals surface area contributed by atoms with E-state index in [0.29, 0.717) is 16.3 Å². The van der Waals surface area contributed by atoms with Gasteiger partial charge in [0.2, 0.25) is 11.8 Å². The van der Waals surface area contributed by atoms with Gasteiger partial charge in [-0.05, 0) is 73.9 Å². The lowest BCUT2D eigenvalue weighted by atomic mass is 10.1. The Morgan fingerprint density at radius 2 is 1.59 bits per heavy atom. The highest BCUT2D eigenvalue weighted by Gasteiger charge is 2.33. The summed E-state index contributed by atoms with van der Waals surface area (Å²) in [6.45, 7) is 1.07. The minimum absolute atomic E-state index is 0.00197. The Kier molecular flexibility index (Phi) is 9.24. The normalized spacial score (nSPS) is 14.5. The first kappa shape index (κ1) is 28.6. The maximum absolute atomic E-state index is 13.9. The third-order valence-electron chi connectivity index (χ3n) is 6.86. The van der Waals surface area contributed by atoms with Gasteiger partial charge in [0.25, 0.3) is 10.0 Å². The van der Waals surface area contributed by atoms with Gasteiger partial charge in [-0.1, -0.05) is 54.8 Å². The van der Waals surface area contributed by atoms with Crippen LogP contribution in [0.25, 0.3) is 0 Å². The van der Waals surface area contributed by atoms with Crippen molar-refractivity contribution in [3.8, 4) is 0 Å². The first-order valence-corrected chi connectivity index (χ1v) is 14.6. The van der Waals surface area contributed by atoms with E-state index in [-0.39, 0.29) is 23.4 Å². The Morgan fingerprint density at radius 3 is 2.21 bits per heavy atom. The number of hydrogen-bond acceptors (Lipinski definition) is 4. The van der Waals surface area contributed by atoms with Gasteiger partial charge in [0, 0.05) is 17.6 Å². The molecule has 0 spiro atoms. The Labute approximate surface area is 233 Å². The number of hydrogen-bond donors (Lipinski definition) is 1. The van der Waals surface area contributed by atoms with Crippen molar-refractivity contribution in [3.05, 3.63) is 95.3 Å². The third-order valence-corrected chi connectivity index (χ3v) is 8.90. The van der Waals surface area contributed by atoms with Crippen LogP contribution < -0.4 is 9.62 Å². The molecular formula is C29H31ClFN3O4S. The summed E-state index contributed by atoms with van der Waals surface area (Å²) in [4.78, 5) is 28.4. The van der Waals surface area contributed by atoms with Gasteiger partial charge in [-0.15, -0.1) is 0 Å². The van der Waals surface area contributed by atoms with Crippen LogP contribution in [0, 0.1) is 5.82 Å². The van der Waals surface area contributed by atoms with Crippen molar-refractivity contribution in [3.63, 3.8) is 0 Å². The van der Waals surface area contributed by atoms with Gasteiger partial charge in [0.05, 0.1) is 10.6 Å². The average molecular weight is 572 g/mol. The topological polar surface area (TPSA) is 86.8 Å². The predicted octanol–water partition coefficient (Wildman–Crippen LogP) is 5.15. The molecule has 10 heteroatoms. The van der Waals surface area contributed by atoms with Crippen LogP contribution in [-0.4, -0.2) is 43.8 Å². The molecule has 39 heavy (non-hydrogen) atoms. The molecule has 206 valence electrons. The van der Waals surface area contributed by atoms with Gasteiger partial charge in [0.15, 0.2) is 0 Å². The minimum atomic E-state index is -4.17. The fourth-order valence-corrected chi connectivity index (χ4v) is 6.16. The molecule has 3 aromatic carbocycles. The Balaban J connectivity index is 1.66. The number of carbonyl (C=O) groups excluding carboxylic acids is 2. The van der Waals surface area contributed by atoms with Crippen LogP contribution in [0.15, 0.2) is 83.8 Å². The molecule has 7 nitrogen and oxygen atoms in total. The van der Waals surface area contributed by atoms with Crippen LogP contribution in [0.1, 0.15) is 38.2 Å². The lowest BCUT2D eigenvalue weighted by molar-refractivity contribution is -0.139. The molecule has 0 heterocycles. The summed E-state index contributed by atoms with van der Waals surface area (Å²) in [5, 5.41) is 3.40. The molecule has 1 N–H and O–H groups in total. The van der Waals surface area contributed by atoms with Crippen LogP contribution in [-0.2, 0) is 26.2 Å². The molecule has 0 radical (unpaired) electrons. The zero-order valence-corrected chi connectivity index (χ0v) is 23.2. The minimum Gasteiger partial charge on any atom is -0.352 e.